The smallest absolute Gasteiger partial charge is 0.163 e. The van der Waals surface area contributed by atoms with Crippen molar-refractivity contribution in [3.8, 4) is 11.5 Å². The van der Waals surface area contributed by atoms with E-state index in [0.29, 0.717) is 11.5 Å². The van der Waals surface area contributed by atoms with Gasteiger partial charge in [-0.15, -0.1) is 0 Å². The standard InChI is InChI=1S/C12H17N3O2/c1-4-7(13)12-14-8-5-10(16-2)11(17-3)6-9(8)15-12/h5-7H,4,13H2,1-3H3,(H,14,15). The molecule has 1 aromatic heterocycles. The lowest BCUT2D eigenvalue weighted by molar-refractivity contribution is 0.356. The highest BCUT2D eigenvalue weighted by Gasteiger charge is 2.12. The van der Waals surface area contributed by atoms with Crippen LogP contribution < -0.4 is 15.2 Å². The summed E-state index contributed by atoms with van der Waals surface area (Å²) in [6.07, 6.45) is 0.841. The highest BCUT2D eigenvalue weighted by molar-refractivity contribution is 5.79. The number of methoxy groups -OCH3 is 2. The van der Waals surface area contributed by atoms with Crippen LogP contribution in [-0.2, 0) is 0 Å². The second-order valence-electron chi connectivity index (χ2n) is 3.86. The number of aromatic amines is 1. The maximum absolute atomic E-state index is 5.94. The Morgan fingerprint density at radius 1 is 1.29 bits per heavy atom. The molecule has 0 amide bonds. The highest BCUT2D eigenvalue weighted by atomic mass is 16.5. The van der Waals surface area contributed by atoms with Crippen molar-refractivity contribution in [2.45, 2.75) is 19.4 Å². The minimum atomic E-state index is -0.0700. The third kappa shape index (κ3) is 2.06. The van der Waals surface area contributed by atoms with Gasteiger partial charge in [0.1, 0.15) is 5.82 Å². The summed E-state index contributed by atoms with van der Waals surface area (Å²) in [6, 6.07) is 3.64. The van der Waals surface area contributed by atoms with Crippen LogP contribution in [0.2, 0.25) is 0 Å². The summed E-state index contributed by atoms with van der Waals surface area (Å²) in [4.78, 5) is 7.65. The number of nitrogens with two attached hydrogens (primary N) is 1. The largest absolute Gasteiger partial charge is 0.493 e. The van der Waals surface area contributed by atoms with Gasteiger partial charge in [-0.1, -0.05) is 6.92 Å². The zero-order chi connectivity index (χ0) is 12.4. The molecule has 0 aliphatic heterocycles. The average molecular weight is 235 g/mol. The summed E-state index contributed by atoms with van der Waals surface area (Å²) in [5, 5.41) is 0. The molecule has 1 aromatic carbocycles. The molecule has 0 saturated heterocycles. The Morgan fingerprint density at radius 2 is 1.94 bits per heavy atom. The zero-order valence-corrected chi connectivity index (χ0v) is 10.3. The number of hydrogen-bond donors (Lipinski definition) is 2. The van der Waals surface area contributed by atoms with Crippen molar-refractivity contribution in [2.75, 3.05) is 14.2 Å². The number of benzene rings is 1. The van der Waals surface area contributed by atoms with Crippen LogP contribution in [0.3, 0.4) is 0 Å². The zero-order valence-electron chi connectivity index (χ0n) is 10.3. The van der Waals surface area contributed by atoms with Crippen molar-refractivity contribution < 1.29 is 9.47 Å². The van der Waals surface area contributed by atoms with Gasteiger partial charge >= 0.3 is 0 Å². The van der Waals surface area contributed by atoms with Crippen molar-refractivity contribution in [2.24, 2.45) is 5.73 Å². The molecule has 0 bridgehead atoms. The molecule has 3 N–H and O–H groups in total. The Kier molecular flexibility index (Phi) is 3.19. The predicted molar refractivity (Wildman–Crippen MR) is 66.4 cm³/mol. The normalized spacial score (nSPS) is 12.7. The van der Waals surface area contributed by atoms with Gasteiger partial charge in [0.05, 0.1) is 31.3 Å². The van der Waals surface area contributed by atoms with Crippen LogP contribution >= 0.6 is 0 Å². The number of H-pyrrole nitrogens is 1. The Morgan fingerprint density at radius 3 is 2.53 bits per heavy atom. The van der Waals surface area contributed by atoms with Crippen molar-refractivity contribution in [3.05, 3.63) is 18.0 Å². The first-order valence-electron chi connectivity index (χ1n) is 5.56. The molecule has 0 saturated carbocycles. The van der Waals surface area contributed by atoms with Gasteiger partial charge in [0.15, 0.2) is 11.5 Å². The summed E-state index contributed by atoms with van der Waals surface area (Å²) < 4.78 is 10.5. The molecule has 1 heterocycles. The van der Waals surface area contributed by atoms with E-state index in [0.717, 1.165) is 23.3 Å². The molecule has 5 nitrogen and oxygen atoms in total. The van der Waals surface area contributed by atoms with Gasteiger partial charge in [0.2, 0.25) is 0 Å². The van der Waals surface area contributed by atoms with Gasteiger partial charge in [-0.3, -0.25) is 0 Å². The van der Waals surface area contributed by atoms with Gasteiger partial charge in [-0.25, -0.2) is 4.98 Å². The number of ether oxygens (including phenoxy) is 2. The summed E-state index contributed by atoms with van der Waals surface area (Å²) in [7, 11) is 3.22. The van der Waals surface area contributed by atoms with Gasteiger partial charge in [0.25, 0.3) is 0 Å². The van der Waals surface area contributed by atoms with Crippen LogP contribution in [0.5, 0.6) is 11.5 Å². The summed E-state index contributed by atoms with van der Waals surface area (Å²) in [5.74, 6) is 2.14. The molecule has 5 heteroatoms. The first kappa shape index (κ1) is 11.7. The maximum atomic E-state index is 5.94. The second-order valence-corrected chi connectivity index (χ2v) is 3.86. The third-order valence-corrected chi connectivity index (χ3v) is 2.80. The van der Waals surface area contributed by atoms with E-state index in [1.165, 1.54) is 0 Å². The molecule has 17 heavy (non-hydrogen) atoms. The average Bonchev–Trinajstić information content (AvgIpc) is 2.78. The van der Waals surface area contributed by atoms with E-state index in [2.05, 4.69) is 9.97 Å². The van der Waals surface area contributed by atoms with Crippen LogP contribution in [0.4, 0.5) is 0 Å². The van der Waals surface area contributed by atoms with Crippen molar-refractivity contribution in [1.82, 2.24) is 9.97 Å². The lowest BCUT2D eigenvalue weighted by Gasteiger charge is -2.06. The monoisotopic (exact) mass is 235 g/mol. The summed E-state index contributed by atoms with van der Waals surface area (Å²) in [6.45, 7) is 2.03. The highest BCUT2D eigenvalue weighted by Crippen LogP contribution is 2.31. The first-order chi connectivity index (χ1) is 8.19. The molecule has 1 atom stereocenters. The Labute approximate surface area is 99.9 Å². The lowest BCUT2D eigenvalue weighted by Crippen LogP contribution is -2.10. The molecule has 0 spiro atoms. The molecule has 92 valence electrons. The van der Waals surface area contributed by atoms with E-state index >= 15 is 0 Å². The first-order valence-corrected chi connectivity index (χ1v) is 5.56. The van der Waals surface area contributed by atoms with Crippen LogP contribution in [0.15, 0.2) is 12.1 Å². The number of aromatic nitrogens is 2. The molecule has 2 rings (SSSR count). The molecule has 1 unspecified atom stereocenters. The maximum Gasteiger partial charge on any atom is 0.163 e. The van der Waals surface area contributed by atoms with Crippen molar-refractivity contribution in [1.29, 1.82) is 0 Å². The van der Waals surface area contributed by atoms with Gasteiger partial charge in [-0.2, -0.15) is 0 Å². The number of rotatable bonds is 4. The molecule has 0 radical (unpaired) electrons. The SMILES string of the molecule is CCC(N)c1nc2cc(OC)c(OC)cc2[nH]1. The fourth-order valence-corrected chi connectivity index (χ4v) is 1.73. The fraction of sp³-hybridized carbons (Fsp3) is 0.417. The number of nitrogens with one attached hydrogen (secondary N) is 1. The summed E-state index contributed by atoms with van der Waals surface area (Å²) >= 11 is 0. The molecule has 2 aromatic rings. The number of hydrogen-bond acceptors (Lipinski definition) is 4. The minimum Gasteiger partial charge on any atom is -0.493 e. The van der Waals surface area contributed by atoms with Crippen molar-refractivity contribution in [3.63, 3.8) is 0 Å². The second kappa shape index (κ2) is 4.63. The number of imidazole rings is 1. The molecule has 0 aliphatic rings. The predicted octanol–water partition coefficient (Wildman–Crippen LogP) is 1.99. The van der Waals surface area contributed by atoms with Crippen LogP contribution in [0.1, 0.15) is 25.2 Å². The molecular formula is C12H17N3O2. The number of fused-ring (bicyclic) bond motifs is 1. The van der Waals surface area contributed by atoms with Gasteiger partial charge in [0, 0.05) is 12.1 Å². The van der Waals surface area contributed by atoms with Crippen LogP contribution in [0, 0.1) is 0 Å². The Bertz CT molecular complexity index is 481. The Hall–Kier alpha value is -1.75. The fourth-order valence-electron chi connectivity index (χ4n) is 1.73. The summed E-state index contributed by atoms with van der Waals surface area (Å²) in [5.41, 5.74) is 7.68. The van der Waals surface area contributed by atoms with E-state index in [4.69, 9.17) is 15.2 Å². The van der Waals surface area contributed by atoms with E-state index in [9.17, 15) is 0 Å². The van der Waals surface area contributed by atoms with Crippen LogP contribution in [0.25, 0.3) is 11.0 Å². The van der Waals surface area contributed by atoms with E-state index in [1.54, 1.807) is 14.2 Å². The number of nitrogens with zero attached hydrogens (tertiary/aromatic N) is 1. The van der Waals surface area contributed by atoms with Gasteiger partial charge < -0.3 is 20.2 Å². The van der Waals surface area contributed by atoms with E-state index in [-0.39, 0.29) is 6.04 Å². The molecule has 0 fully saturated rings. The third-order valence-electron chi connectivity index (χ3n) is 2.80. The lowest BCUT2D eigenvalue weighted by atomic mass is 10.2. The van der Waals surface area contributed by atoms with E-state index in [1.807, 2.05) is 19.1 Å². The quantitative estimate of drug-likeness (QED) is 0.850. The molecule has 0 aliphatic carbocycles. The topological polar surface area (TPSA) is 73.2 Å². The van der Waals surface area contributed by atoms with Crippen molar-refractivity contribution >= 4 is 11.0 Å². The Balaban J connectivity index is 2.53. The van der Waals surface area contributed by atoms with Gasteiger partial charge in [-0.05, 0) is 6.42 Å². The van der Waals surface area contributed by atoms with E-state index < -0.39 is 0 Å². The molecular weight excluding hydrogens is 218 g/mol. The van der Waals surface area contributed by atoms with Crippen LogP contribution in [-0.4, -0.2) is 24.2 Å². The minimum absolute atomic E-state index is 0.0700.